The number of likely N-dealkylation sites (N-methyl/N-ethyl adjacent to an activating group) is 2. The summed E-state index contributed by atoms with van der Waals surface area (Å²) in [5, 5.41) is 9.08. The van der Waals surface area contributed by atoms with E-state index >= 15 is 0 Å². The van der Waals surface area contributed by atoms with E-state index < -0.39 is 34.8 Å². The first kappa shape index (κ1) is 45.7. The van der Waals surface area contributed by atoms with Crippen molar-refractivity contribution < 1.29 is 23.9 Å². The van der Waals surface area contributed by atoms with Crippen LogP contribution in [0.2, 0.25) is 0 Å². The third-order valence-electron chi connectivity index (χ3n) is 11.9. The third-order valence-corrected chi connectivity index (χ3v) is 11.9. The highest BCUT2D eigenvalue weighted by Gasteiger charge is 2.45. The van der Waals surface area contributed by atoms with Crippen molar-refractivity contribution in [2.45, 2.75) is 89.5 Å². The molecule has 0 spiro atoms. The standard InChI is InChI=1S/C27H44N6O5.C17H26N6/c1-25(2,3)37-23(35)30-27(10-12-33(13-11-27)24(36)38-26(4,5)6)22(34)29-21-9-8-19(18-20(21)28)32-16-14-31(7)15-17-32;1-22-8-10-23(11-9-22)13-2-3-14-15(12-13)21-16(20-14)17(18)4-6-19-7-5-17/h8-9,18H,10-17,28H2,1-7H3,(H,29,34)(H,30,35);2-3,12,19H,4-11,18H2,1H3,(H,20,21). The topological polar surface area (TPSA) is 203 Å². The Bertz CT molecular complexity index is 1980. The molecule has 3 aromatic rings. The van der Waals surface area contributed by atoms with E-state index in [0.717, 1.165) is 101 Å². The lowest BCUT2D eigenvalue weighted by Crippen LogP contribution is -2.63. The Morgan fingerprint density at radius 3 is 1.82 bits per heavy atom. The van der Waals surface area contributed by atoms with Crippen molar-refractivity contribution in [1.82, 2.24) is 35.3 Å². The van der Waals surface area contributed by atoms with Gasteiger partial charge in [0, 0.05) is 76.8 Å². The molecular weight excluding hydrogens is 777 g/mol. The minimum absolute atomic E-state index is 0.191. The van der Waals surface area contributed by atoms with Crippen molar-refractivity contribution in [3.05, 3.63) is 42.2 Å². The number of amides is 3. The number of nitrogens with zero attached hydrogens (tertiary/aromatic N) is 6. The molecule has 1 aromatic heterocycles. The number of anilines is 4. The highest BCUT2D eigenvalue weighted by Crippen LogP contribution is 2.32. The van der Waals surface area contributed by atoms with Gasteiger partial charge in [-0.2, -0.15) is 0 Å². The number of hydrogen-bond acceptors (Lipinski definition) is 13. The van der Waals surface area contributed by atoms with E-state index in [1.165, 1.54) is 5.69 Å². The number of hydrogen-bond donors (Lipinski definition) is 6. The number of rotatable bonds is 6. The number of carbonyl (C=O) groups is 3. The Morgan fingerprint density at radius 2 is 1.28 bits per heavy atom. The number of fused-ring (bicyclic) bond motifs is 1. The van der Waals surface area contributed by atoms with Crippen molar-refractivity contribution in [2.24, 2.45) is 5.73 Å². The summed E-state index contributed by atoms with van der Waals surface area (Å²) in [5.41, 5.74) is 15.3. The highest BCUT2D eigenvalue weighted by molar-refractivity contribution is 6.02. The molecule has 4 fully saturated rings. The Labute approximate surface area is 361 Å². The molecule has 4 aliphatic rings. The van der Waals surface area contributed by atoms with Crippen LogP contribution in [0.25, 0.3) is 11.0 Å². The van der Waals surface area contributed by atoms with E-state index in [4.69, 9.17) is 25.9 Å². The van der Waals surface area contributed by atoms with Crippen LogP contribution in [0.4, 0.5) is 32.3 Å². The first-order chi connectivity index (χ1) is 28.7. The molecule has 61 heavy (non-hydrogen) atoms. The average Bonchev–Trinajstić information content (AvgIpc) is 3.64. The molecule has 17 heteroatoms. The normalized spacial score (nSPS) is 20.0. The molecule has 3 amide bonds. The van der Waals surface area contributed by atoms with Crippen LogP contribution in [0.1, 0.15) is 73.1 Å². The van der Waals surface area contributed by atoms with Crippen LogP contribution in [-0.4, -0.2) is 152 Å². The molecule has 0 atom stereocenters. The molecule has 336 valence electrons. The minimum Gasteiger partial charge on any atom is -0.444 e. The zero-order chi connectivity index (χ0) is 44.2. The summed E-state index contributed by atoms with van der Waals surface area (Å²) < 4.78 is 10.9. The lowest BCUT2D eigenvalue weighted by Gasteiger charge is -2.41. The molecule has 4 saturated heterocycles. The van der Waals surface area contributed by atoms with Crippen molar-refractivity contribution in [1.29, 1.82) is 0 Å². The number of ether oxygens (including phenoxy) is 2. The second kappa shape index (κ2) is 18.6. The van der Waals surface area contributed by atoms with E-state index in [9.17, 15) is 14.4 Å². The van der Waals surface area contributed by atoms with Gasteiger partial charge >= 0.3 is 12.2 Å². The van der Waals surface area contributed by atoms with Gasteiger partial charge in [0.1, 0.15) is 22.6 Å². The highest BCUT2D eigenvalue weighted by atomic mass is 16.6. The molecule has 0 radical (unpaired) electrons. The van der Waals surface area contributed by atoms with Crippen LogP contribution >= 0.6 is 0 Å². The number of imidazole rings is 1. The van der Waals surface area contributed by atoms with Gasteiger partial charge in [-0.05, 0) is 131 Å². The van der Waals surface area contributed by atoms with Crippen LogP contribution < -0.4 is 37.2 Å². The summed E-state index contributed by atoms with van der Waals surface area (Å²) in [6.07, 6.45) is 1.09. The van der Waals surface area contributed by atoms with Crippen LogP contribution in [-0.2, 0) is 19.8 Å². The SMILES string of the molecule is CN1CCN(c2ccc(NC(=O)C3(NC(=O)OC(C)(C)C)CCN(C(=O)OC(C)(C)C)CC3)c(N)c2)CC1.CN1CCN(c2ccc3nc(C4(N)CCNCC4)[nH]c3c2)CC1. The number of nitrogens with one attached hydrogen (secondary N) is 4. The second-order valence-electron chi connectivity index (χ2n) is 19.2. The lowest BCUT2D eigenvalue weighted by atomic mass is 9.86. The van der Waals surface area contributed by atoms with E-state index in [-0.39, 0.29) is 31.5 Å². The molecule has 0 saturated carbocycles. The molecule has 0 unspecified atom stereocenters. The molecule has 17 nitrogen and oxygen atoms in total. The number of aromatic amines is 1. The van der Waals surface area contributed by atoms with Gasteiger partial charge in [-0.1, -0.05) is 0 Å². The second-order valence-corrected chi connectivity index (χ2v) is 19.2. The smallest absolute Gasteiger partial charge is 0.410 e. The third kappa shape index (κ3) is 12.0. The van der Waals surface area contributed by atoms with Crippen molar-refractivity contribution >= 4 is 51.9 Å². The maximum atomic E-state index is 13.7. The number of nitrogens with two attached hydrogens (primary N) is 2. The zero-order valence-corrected chi connectivity index (χ0v) is 37.7. The Hall–Kier alpha value is -4.84. The van der Waals surface area contributed by atoms with Gasteiger partial charge in [0.25, 0.3) is 0 Å². The Kier molecular flexibility index (Phi) is 14.0. The van der Waals surface area contributed by atoms with E-state index in [2.05, 4.69) is 72.8 Å². The fourth-order valence-electron chi connectivity index (χ4n) is 8.08. The summed E-state index contributed by atoms with van der Waals surface area (Å²) in [6.45, 7) is 21.2. The van der Waals surface area contributed by atoms with Gasteiger partial charge in [-0.25, -0.2) is 14.6 Å². The molecular formula is C44H70N12O5. The van der Waals surface area contributed by atoms with E-state index in [0.29, 0.717) is 11.4 Å². The predicted molar refractivity (Wildman–Crippen MR) is 242 cm³/mol. The summed E-state index contributed by atoms with van der Waals surface area (Å²) in [7, 11) is 4.28. The summed E-state index contributed by atoms with van der Waals surface area (Å²) >= 11 is 0. The summed E-state index contributed by atoms with van der Waals surface area (Å²) in [4.78, 5) is 58.2. The van der Waals surface area contributed by atoms with Gasteiger partial charge in [0.2, 0.25) is 5.91 Å². The number of piperidine rings is 2. The zero-order valence-electron chi connectivity index (χ0n) is 37.7. The van der Waals surface area contributed by atoms with Gasteiger partial charge in [-0.15, -0.1) is 0 Å². The maximum absolute atomic E-state index is 13.7. The van der Waals surface area contributed by atoms with E-state index in [1.54, 1.807) is 52.5 Å². The number of H-pyrrole nitrogens is 1. The largest absolute Gasteiger partial charge is 0.444 e. The summed E-state index contributed by atoms with van der Waals surface area (Å²) in [5.74, 6) is 0.524. The Morgan fingerprint density at radius 1 is 0.738 bits per heavy atom. The van der Waals surface area contributed by atoms with Crippen LogP contribution in [0.15, 0.2) is 36.4 Å². The molecule has 8 N–H and O–H groups in total. The van der Waals surface area contributed by atoms with Crippen LogP contribution in [0, 0.1) is 0 Å². The summed E-state index contributed by atoms with van der Waals surface area (Å²) in [6, 6.07) is 12.1. The molecule has 2 aromatic carbocycles. The molecule has 5 heterocycles. The molecule has 0 bridgehead atoms. The predicted octanol–water partition coefficient (Wildman–Crippen LogP) is 4.11. The lowest BCUT2D eigenvalue weighted by molar-refractivity contribution is -0.124. The van der Waals surface area contributed by atoms with Crippen LogP contribution in [0.5, 0.6) is 0 Å². The average molecular weight is 847 g/mol. The molecule has 4 aliphatic heterocycles. The number of benzene rings is 2. The van der Waals surface area contributed by atoms with Crippen molar-refractivity contribution in [3.8, 4) is 0 Å². The quantitative estimate of drug-likeness (QED) is 0.194. The minimum atomic E-state index is -1.29. The number of carbonyl (C=O) groups excluding carboxylic acids is 3. The number of alkyl carbamates (subject to hydrolysis) is 1. The van der Waals surface area contributed by atoms with Crippen molar-refractivity contribution in [2.75, 3.05) is 113 Å². The Balaban J connectivity index is 0.000000228. The fraction of sp³-hybridized carbons (Fsp3) is 0.636. The van der Waals surface area contributed by atoms with Gasteiger partial charge in [0.15, 0.2) is 0 Å². The van der Waals surface area contributed by atoms with E-state index in [1.807, 2.05) is 12.1 Å². The van der Waals surface area contributed by atoms with Gasteiger partial charge in [-0.3, -0.25) is 4.79 Å². The van der Waals surface area contributed by atoms with Crippen LogP contribution in [0.3, 0.4) is 0 Å². The maximum Gasteiger partial charge on any atom is 0.410 e. The first-order valence-electron chi connectivity index (χ1n) is 21.8. The number of likely N-dealkylation sites (tertiary alicyclic amines) is 1. The first-order valence-corrected chi connectivity index (χ1v) is 21.8. The fourth-order valence-corrected chi connectivity index (χ4v) is 8.08. The van der Waals surface area contributed by atoms with Gasteiger partial charge < -0.3 is 66.4 Å². The van der Waals surface area contributed by atoms with Crippen molar-refractivity contribution in [3.63, 3.8) is 0 Å². The number of aromatic nitrogens is 2. The molecule has 0 aliphatic carbocycles. The molecule has 7 rings (SSSR count). The number of nitrogen functional groups attached to an aromatic ring is 1. The number of piperazine rings is 2. The van der Waals surface area contributed by atoms with Gasteiger partial charge in [0.05, 0.1) is 27.9 Å². The monoisotopic (exact) mass is 847 g/mol.